The van der Waals surface area contributed by atoms with E-state index in [0.29, 0.717) is 29.2 Å². The highest BCUT2D eigenvalue weighted by Crippen LogP contribution is 2.19. The van der Waals surface area contributed by atoms with Crippen LogP contribution in [0, 0.1) is 5.92 Å². The molecule has 1 aromatic carbocycles. The number of nitrogens with zero attached hydrogens (tertiary/aromatic N) is 5. The standard InChI is InChI=1S/C20H29ClN6O/c1-4-26(5-2)13-15-10-11-27(14-15)20(22-3)23-12-18-24-19(25-28-18)16-6-8-17(21)9-7-16/h6-9,15H,4-5,10-14H2,1-3H3,(H,22,23). The third-order valence-electron chi connectivity index (χ3n) is 5.18. The van der Waals surface area contributed by atoms with Gasteiger partial charge in [-0.15, -0.1) is 0 Å². The summed E-state index contributed by atoms with van der Waals surface area (Å²) >= 11 is 5.93. The maximum Gasteiger partial charge on any atom is 0.246 e. The molecule has 2 heterocycles. The van der Waals surface area contributed by atoms with Gasteiger partial charge in [0.2, 0.25) is 11.7 Å². The van der Waals surface area contributed by atoms with E-state index < -0.39 is 0 Å². The molecule has 8 heteroatoms. The molecule has 1 unspecified atom stereocenters. The van der Waals surface area contributed by atoms with Crippen LogP contribution in [0.4, 0.5) is 0 Å². The number of nitrogens with one attached hydrogen (secondary N) is 1. The van der Waals surface area contributed by atoms with E-state index in [2.05, 4.69) is 44.1 Å². The van der Waals surface area contributed by atoms with Gasteiger partial charge >= 0.3 is 0 Å². The van der Waals surface area contributed by atoms with E-state index in [-0.39, 0.29) is 0 Å². The molecule has 1 saturated heterocycles. The van der Waals surface area contributed by atoms with Crippen molar-refractivity contribution in [2.75, 3.05) is 39.8 Å². The van der Waals surface area contributed by atoms with E-state index in [9.17, 15) is 0 Å². The first-order valence-electron chi connectivity index (χ1n) is 9.89. The number of aromatic nitrogens is 2. The van der Waals surface area contributed by atoms with Crippen molar-refractivity contribution in [2.24, 2.45) is 10.9 Å². The molecule has 0 spiro atoms. The SMILES string of the molecule is CCN(CC)CC1CCN(C(=NC)NCc2nc(-c3ccc(Cl)cc3)no2)C1. The van der Waals surface area contributed by atoms with E-state index in [1.807, 2.05) is 31.3 Å². The summed E-state index contributed by atoms with van der Waals surface area (Å²) in [7, 11) is 1.81. The smallest absolute Gasteiger partial charge is 0.246 e. The molecule has 0 saturated carbocycles. The van der Waals surface area contributed by atoms with E-state index in [0.717, 1.165) is 44.2 Å². The van der Waals surface area contributed by atoms with Crippen LogP contribution in [0.15, 0.2) is 33.8 Å². The van der Waals surface area contributed by atoms with Crippen molar-refractivity contribution < 1.29 is 4.52 Å². The fourth-order valence-electron chi connectivity index (χ4n) is 3.55. The zero-order valence-electron chi connectivity index (χ0n) is 16.9. The summed E-state index contributed by atoms with van der Waals surface area (Å²) in [5.41, 5.74) is 0.877. The van der Waals surface area contributed by atoms with Crippen LogP contribution in [0.3, 0.4) is 0 Å². The number of benzene rings is 1. The fraction of sp³-hybridized carbons (Fsp3) is 0.550. The molecule has 1 N–H and O–H groups in total. The normalized spacial score (nSPS) is 17.5. The summed E-state index contributed by atoms with van der Waals surface area (Å²) in [4.78, 5) is 13.7. The molecule has 0 radical (unpaired) electrons. The first-order valence-corrected chi connectivity index (χ1v) is 10.3. The Balaban J connectivity index is 1.53. The van der Waals surface area contributed by atoms with Crippen molar-refractivity contribution in [2.45, 2.75) is 26.8 Å². The lowest BCUT2D eigenvalue weighted by Crippen LogP contribution is -2.40. The largest absolute Gasteiger partial charge is 0.347 e. The minimum absolute atomic E-state index is 0.449. The van der Waals surface area contributed by atoms with Gasteiger partial charge in [-0.2, -0.15) is 4.98 Å². The van der Waals surface area contributed by atoms with E-state index in [1.54, 1.807) is 0 Å². The number of likely N-dealkylation sites (tertiary alicyclic amines) is 1. The highest BCUT2D eigenvalue weighted by molar-refractivity contribution is 6.30. The molecular formula is C20H29ClN6O. The van der Waals surface area contributed by atoms with Crippen LogP contribution in [0.25, 0.3) is 11.4 Å². The molecule has 152 valence electrons. The molecule has 1 aromatic heterocycles. The monoisotopic (exact) mass is 404 g/mol. The Morgan fingerprint density at radius 3 is 2.75 bits per heavy atom. The minimum atomic E-state index is 0.449. The summed E-state index contributed by atoms with van der Waals surface area (Å²) in [5.74, 6) is 2.65. The molecule has 7 nitrogen and oxygen atoms in total. The Bertz CT molecular complexity index is 771. The highest BCUT2D eigenvalue weighted by atomic mass is 35.5. The molecule has 1 aliphatic rings. The third kappa shape index (κ3) is 5.23. The fourth-order valence-corrected chi connectivity index (χ4v) is 3.68. The van der Waals surface area contributed by atoms with Gasteiger partial charge in [0.1, 0.15) is 0 Å². The van der Waals surface area contributed by atoms with Gasteiger partial charge < -0.3 is 19.6 Å². The van der Waals surface area contributed by atoms with Crippen LogP contribution < -0.4 is 5.32 Å². The van der Waals surface area contributed by atoms with Crippen molar-refractivity contribution in [3.05, 3.63) is 35.2 Å². The van der Waals surface area contributed by atoms with Gasteiger partial charge in [0.05, 0.1) is 6.54 Å². The van der Waals surface area contributed by atoms with Crippen molar-refractivity contribution in [1.82, 2.24) is 25.3 Å². The lowest BCUT2D eigenvalue weighted by atomic mass is 10.1. The van der Waals surface area contributed by atoms with Gasteiger partial charge in [-0.1, -0.05) is 30.6 Å². The van der Waals surface area contributed by atoms with Crippen LogP contribution in [-0.2, 0) is 6.54 Å². The van der Waals surface area contributed by atoms with Crippen LogP contribution in [0.5, 0.6) is 0 Å². The second-order valence-corrected chi connectivity index (χ2v) is 7.44. The van der Waals surface area contributed by atoms with Crippen molar-refractivity contribution in [3.63, 3.8) is 0 Å². The maximum absolute atomic E-state index is 5.93. The van der Waals surface area contributed by atoms with Crippen molar-refractivity contribution in [3.8, 4) is 11.4 Å². The number of halogens is 1. The molecule has 0 bridgehead atoms. The van der Waals surface area contributed by atoms with Gasteiger partial charge in [-0.25, -0.2) is 0 Å². The Morgan fingerprint density at radius 1 is 1.32 bits per heavy atom. The Morgan fingerprint density at radius 2 is 2.07 bits per heavy atom. The van der Waals surface area contributed by atoms with Gasteiger partial charge in [0.25, 0.3) is 0 Å². The number of aliphatic imine (C=N–C) groups is 1. The molecule has 1 aliphatic heterocycles. The van der Waals surface area contributed by atoms with Crippen LogP contribution in [0.1, 0.15) is 26.2 Å². The molecule has 0 aliphatic carbocycles. The van der Waals surface area contributed by atoms with Gasteiger partial charge in [-0.3, -0.25) is 4.99 Å². The second kappa shape index (κ2) is 9.89. The number of hydrogen-bond donors (Lipinski definition) is 1. The van der Waals surface area contributed by atoms with E-state index >= 15 is 0 Å². The molecule has 3 rings (SSSR count). The Labute approximate surface area is 171 Å². The molecule has 1 fully saturated rings. The molecule has 0 amide bonds. The molecule has 28 heavy (non-hydrogen) atoms. The van der Waals surface area contributed by atoms with Crippen LogP contribution >= 0.6 is 11.6 Å². The maximum atomic E-state index is 5.93. The number of rotatable bonds is 7. The first kappa shape index (κ1) is 20.6. The molecule has 2 aromatic rings. The van der Waals surface area contributed by atoms with Crippen LogP contribution in [-0.4, -0.2) is 65.7 Å². The zero-order chi connectivity index (χ0) is 19.9. The number of hydrogen-bond acceptors (Lipinski definition) is 5. The quantitative estimate of drug-likeness (QED) is 0.564. The van der Waals surface area contributed by atoms with Gasteiger partial charge in [0.15, 0.2) is 5.96 Å². The number of guanidine groups is 1. The minimum Gasteiger partial charge on any atom is -0.347 e. The lowest BCUT2D eigenvalue weighted by molar-refractivity contribution is 0.255. The average molecular weight is 405 g/mol. The summed E-state index contributed by atoms with van der Waals surface area (Å²) in [6.45, 7) is 10.3. The topological polar surface area (TPSA) is 69.8 Å². The first-order chi connectivity index (χ1) is 13.6. The summed E-state index contributed by atoms with van der Waals surface area (Å²) in [6.07, 6.45) is 1.19. The lowest BCUT2D eigenvalue weighted by Gasteiger charge is -2.24. The van der Waals surface area contributed by atoms with Gasteiger partial charge in [-0.05, 0) is 49.7 Å². The van der Waals surface area contributed by atoms with Crippen LogP contribution in [0.2, 0.25) is 5.02 Å². The second-order valence-electron chi connectivity index (χ2n) is 7.01. The van der Waals surface area contributed by atoms with E-state index in [1.165, 1.54) is 6.42 Å². The summed E-state index contributed by atoms with van der Waals surface area (Å²) in [6, 6.07) is 7.39. The predicted molar refractivity (Wildman–Crippen MR) is 112 cm³/mol. The van der Waals surface area contributed by atoms with E-state index in [4.69, 9.17) is 16.1 Å². The molecule has 1 atom stereocenters. The summed E-state index contributed by atoms with van der Waals surface area (Å²) < 4.78 is 5.37. The molecular weight excluding hydrogens is 376 g/mol. The predicted octanol–water partition coefficient (Wildman–Crippen LogP) is 3.13. The average Bonchev–Trinajstić information content (AvgIpc) is 3.37. The highest BCUT2D eigenvalue weighted by Gasteiger charge is 2.26. The zero-order valence-corrected chi connectivity index (χ0v) is 17.6. The Hall–Kier alpha value is -2.12. The van der Waals surface area contributed by atoms with Gasteiger partial charge in [0, 0.05) is 37.3 Å². The van der Waals surface area contributed by atoms with Crippen molar-refractivity contribution in [1.29, 1.82) is 0 Å². The summed E-state index contributed by atoms with van der Waals surface area (Å²) in [5, 5.41) is 8.08. The van der Waals surface area contributed by atoms with Crippen molar-refractivity contribution >= 4 is 17.6 Å². The third-order valence-corrected chi connectivity index (χ3v) is 5.43. The Kier molecular flexibility index (Phi) is 7.28.